The second kappa shape index (κ2) is 7.70. The van der Waals surface area contributed by atoms with Crippen LogP contribution in [0.3, 0.4) is 0 Å². The van der Waals surface area contributed by atoms with E-state index in [2.05, 4.69) is 25.7 Å². The first-order valence-corrected chi connectivity index (χ1v) is 8.71. The van der Waals surface area contributed by atoms with E-state index < -0.39 is 6.10 Å². The van der Waals surface area contributed by atoms with Gasteiger partial charge in [-0.2, -0.15) is 0 Å². The van der Waals surface area contributed by atoms with Crippen LogP contribution < -0.4 is 14.8 Å². The fourth-order valence-electron chi connectivity index (χ4n) is 2.04. The molecule has 3 rings (SSSR count). The van der Waals surface area contributed by atoms with Crippen molar-refractivity contribution in [2.75, 3.05) is 19.5 Å². The van der Waals surface area contributed by atoms with Crippen molar-refractivity contribution in [1.82, 2.24) is 20.4 Å². The molecule has 0 bridgehead atoms. The minimum absolute atomic E-state index is 0.179. The zero-order valence-corrected chi connectivity index (χ0v) is 15.0. The molecule has 0 aliphatic carbocycles. The lowest BCUT2D eigenvalue weighted by Gasteiger charge is -2.15. The molecule has 0 saturated carbocycles. The average molecular weight is 381 g/mol. The van der Waals surface area contributed by atoms with Gasteiger partial charge in [-0.1, -0.05) is 27.8 Å². The Bertz CT molecular complexity index is 853. The zero-order valence-electron chi connectivity index (χ0n) is 13.3. The molecule has 2 aromatic heterocycles. The van der Waals surface area contributed by atoms with Gasteiger partial charge in [-0.05, 0) is 18.2 Å². The first-order chi connectivity index (χ1) is 12.1. The molecule has 1 unspecified atom stereocenters. The molecule has 0 aliphatic heterocycles. The molecule has 25 heavy (non-hydrogen) atoms. The van der Waals surface area contributed by atoms with Gasteiger partial charge < -0.3 is 25.0 Å². The van der Waals surface area contributed by atoms with Crippen molar-refractivity contribution in [2.24, 2.45) is 0 Å². The Morgan fingerprint density at radius 1 is 1.12 bits per heavy atom. The monoisotopic (exact) mass is 381 g/mol. The van der Waals surface area contributed by atoms with Gasteiger partial charge >= 0.3 is 0 Å². The number of hydrogen-bond acceptors (Lipinski definition) is 11. The van der Waals surface area contributed by atoms with E-state index in [9.17, 15) is 5.11 Å². The van der Waals surface area contributed by atoms with Crippen molar-refractivity contribution in [2.45, 2.75) is 12.7 Å². The molecule has 0 saturated heterocycles. The number of benzene rings is 1. The topological polar surface area (TPSA) is 123 Å². The molecule has 3 aromatic rings. The average Bonchev–Trinajstić information content (AvgIpc) is 3.30. The highest BCUT2D eigenvalue weighted by Gasteiger charge is 2.21. The summed E-state index contributed by atoms with van der Waals surface area (Å²) in [6, 6.07) is 5.22. The Morgan fingerprint density at radius 2 is 1.96 bits per heavy atom. The number of nitrogens with zero attached hydrogens (tertiary/aromatic N) is 4. The van der Waals surface area contributed by atoms with Crippen LogP contribution in [-0.4, -0.2) is 44.8 Å². The standard InChI is InChI=1S/C14H15N5O4S2/c1-22-7-3-4-9(15-13-18-16-10(6-20)24-13)8(5-7)11(21)12-17-19-14(23-2)25-12/h3-5,11,20-21H,6H2,1-2H3,(H,15,18). The van der Waals surface area contributed by atoms with Crippen LogP contribution in [-0.2, 0) is 6.61 Å². The van der Waals surface area contributed by atoms with Gasteiger partial charge in [0.05, 0.1) is 20.8 Å². The number of nitrogens with one attached hydrogen (secondary N) is 1. The van der Waals surface area contributed by atoms with Crippen molar-refractivity contribution in [3.05, 3.63) is 33.8 Å². The Morgan fingerprint density at radius 3 is 2.60 bits per heavy atom. The van der Waals surface area contributed by atoms with Crippen molar-refractivity contribution < 1.29 is 19.7 Å². The van der Waals surface area contributed by atoms with E-state index in [0.717, 1.165) is 11.3 Å². The lowest BCUT2D eigenvalue weighted by Crippen LogP contribution is -2.04. The van der Waals surface area contributed by atoms with Gasteiger partial charge in [0.15, 0.2) is 5.01 Å². The van der Waals surface area contributed by atoms with E-state index >= 15 is 0 Å². The molecule has 2 heterocycles. The van der Waals surface area contributed by atoms with Crippen LogP contribution in [0.1, 0.15) is 21.7 Å². The SMILES string of the molecule is COc1ccc(Nc2nnc(CO)s2)c(C(O)c2nnc(OC)s2)c1. The second-order valence-corrected chi connectivity index (χ2v) is 6.78. The highest BCUT2D eigenvalue weighted by atomic mass is 32.1. The Labute approximate surface area is 150 Å². The highest BCUT2D eigenvalue weighted by Crippen LogP contribution is 2.36. The molecule has 11 heteroatoms. The van der Waals surface area contributed by atoms with E-state index in [1.807, 2.05) is 0 Å². The lowest BCUT2D eigenvalue weighted by atomic mass is 10.1. The minimum Gasteiger partial charge on any atom is -0.497 e. The molecule has 0 aliphatic rings. The number of ether oxygens (including phenoxy) is 2. The Kier molecular flexibility index (Phi) is 5.38. The van der Waals surface area contributed by atoms with Gasteiger partial charge in [0.25, 0.3) is 5.19 Å². The molecule has 132 valence electrons. The van der Waals surface area contributed by atoms with Crippen LogP contribution in [0.4, 0.5) is 10.8 Å². The second-order valence-electron chi connectivity index (χ2n) is 4.75. The van der Waals surface area contributed by atoms with E-state index in [4.69, 9.17) is 14.6 Å². The smallest absolute Gasteiger partial charge is 0.293 e. The molecule has 9 nitrogen and oxygen atoms in total. The number of rotatable bonds is 7. The normalized spacial score (nSPS) is 12.0. The van der Waals surface area contributed by atoms with Gasteiger partial charge in [-0.15, -0.1) is 15.3 Å². The first-order valence-electron chi connectivity index (χ1n) is 7.08. The third-order valence-corrected chi connectivity index (χ3v) is 4.99. The largest absolute Gasteiger partial charge is 0.497 e. The minimum atomic E-state index is -1.02. The summed E-state index contributed by atoms with van der Waals surface area (Å²) >= 11 is 2.37. The number of aromatic nitrogens is 4. The summed E-state index contributed by atoms with van der Waals surface area (Å²) in [7, 11) is 3.04. The maximum atomic E-state index is 10.7. The molecule has 0 fully saturated rings. The summed E-state index contributed by atoms with van der Waals surface area (Å²) in [6.45, 7) is -0.179. The van der Waals surface area contributed by atoms with Crippen molar-refractivity contribution >= 4 is 33.5 Å². The van der Waals surface area contributed by atoms with Gasteiger partial charge in [-0.3, -0.25) is 0 Å². The van der Waals surface area contributed by atoms with Crippen molar-refractivity contribution in [1.29, 1.82) is 0 Å². The number of anilines is 2. The number of hydrogen-bond donors (Lipinski definition) is 3. The number of aliphatic hydroxyl groups is 2. The van der Waals surface area contributed by atoms with Gasteiger partial charge in [0.2, 0.25) is 5.13 Å². The van der Waals surface area contributed by atoms with Crippen LogP contribution in [0, 0.1) is 0 Å². The molecule has 0 radical (unpaired) electrons. The van der Waals surface area contributed by atoms with Crippen LogP contribution >= 0.6 is 22.7 Å². The molecular weight excluding hydrogens is 366 g/mol. The van der Waals surface area contributed by atoms with Gasteiger partial charge in [0, 0.05) is 11.3 Å². The third kappa shape index (κ3) is 3.85. The molecule has 3 N–H and O–H groups in total. The number of methoxy groups -OCH3 is 2. The fourth-order valence-corrected chi connectivity index (χ4v) is 3.31. The molecule has 1 atom stereocenters. The van der Waals surface area contributed by atoms with E-state index in [0.29, 0.717) is 37.3 Å². The Hall–Kier alpha value is -2.34. The first kappa shape index (κ1) is 17.5. The van der Waals surface area contributed by atoms with Gasteiger partial charge in [0.1, 0.15) is 16.9 Å². The quantitative estimate of drug-likeness (QED) is 0.561. The molecule has 1 aromatic carbocycles. The maximum absolute atomic E-state index is 10.7. The highest BCUT2D eigenvalue weighted by molar-refractivity contribution is 7.15. The fraction of sp³-hybridized carbons (Fsp3) is 0.286. The summed E-state index contributed by atoms with van der Waals surface area (Å²) in [4.78, 5) is 0. The lowest BCUT2D eigenvalue weighted by molar-refractivity contribution is 0.219. The summed E-state index contributed by atoms with van der Waals surface area (Å²) in [5, 5.41) is 40.2. The Balaban J connectivity index is 1.94. The van der Waals surface area contributed by atoms with Crippen LogP contribution in [0.25, 0.3) is 0 Å². The third-order valence-electron chi connectivity index (χ3n) is 3.23. The zero-order chi connectivity index (χ0) is 17.8. The van der Waals surface area contributed by atoms with Crippen molar-refractivity contribution in [3.8, 4) is 10.9 Å². The molecule has 0 spiro atoms. The predicted molar refractivity (Wildman–Crippen MR) is 92.6 cm³/mol. The summed E-state index contributed by atoms with van der Waals surface area (Å²) in [5.41, 5.74) is 1.15. The predicted octanol–water partition coefficient (Wildman–Crippen LogP) is 1.72. The van der Waals surface area contributed by atoms with Crippen LogP contribution in [0.15, 0.2) is 18.2 Å². The van der Waals surface area contributed by atoms with Crippen molar-refractivity contribution in [3.63, 3.8) is 0 Å². The molecule has 0 amide bonds. The summed E-state index contributed by atoms with van der Waals surface area (Å²) < 4.78 is 10.3. The van der Waals surface area contributed by atoms with Crippen LogP contribution in [0.2, 0.25) is 0 Å². The van der Waals surface area contributed by atoms with Crippen LogP contribution in [0.5, 0.6) is 10.9 Å². The maximum Gasteiger partial charge on any atom is 0.293 e. The van der Waals surface area contributed by atoms with E-state index in [1.54, 1.807) is 25.3 Å². The summed E-state index contributed by atoms with van der Waals surface area (Å²) in [6.07, 6.45) is -1.02. The van der Waals surface area contributed by atoms with E-state index in [1.165, 1.54) is 18.4 Å². The number of aliphatic hydroxyl groups excluding tert-OH is 2. The van der Waals surface area contributed by atoms with E-state index in [-0.39, 0.29) is 6.61 Å². The molecular formula is C14H15N5O4S2. The van der Waals surface area contributed by atoms with Gasteiger partial charge in [-0.25, -0.2) is 0 Å². The summed E-state index contributed by atoms with van der Waals surface area (Å²) in [5.74, 6) is 0.587.